The molecule has 1 aromatic carbocycles. The fourth-order valence-corrected chi connectivity index (χ4v) is 4.63. The van der Waals surface area contributed by atoms with Gasteiger partial charge in [-0.1, -0.05) is 18.2 Å². The molecule has 2 fully saturated rings. The molecule has 0 bridgehead atoms. The van der Waals surface area contributed by atoms with Crippen molar-refractivity contribution in [1.82, 2.24) is 10.6 Å². The second kappa shape index (κ2) is 9.21. The fourth-order valence-electron chi connectivity index (χ4n) is 3.43. The van der Waals surface area contributed by atoms with Gasteiger partial charge < -0.3 is 15.5 Å². The second-order valence-corrected chi connectivity index (χ2v) is 8.08. The van der Waals surface area contributed by atoms with Crippen LogP contribution in [0.15, 0.2) is 35.3 Å². The molecule has 2 unspecified atom stereocenters. The van der Waals surface area contributed by atoms with Crippen LogP contribution in [0.25, 0.3) is 0 Å². The Morgan fingerprint density at radius 3 is 2.88 bits per heavy atom. The lowest BCUT2D eigenvalue weighted by Gasteiger charge is -2.18. The number of hydrogen-bond acceptors (Lipinski definition) is 3. The highest BCUT2D eigenvalue weighted by Crippen LogP contribution is 2.25. The van der Waals surface area contributed by atoms with Gasteiger partial charge in [-0.15, -0.1) is 0 Å². The molecule has 0 radical (unpaired) electrons. The van der Waals surface area contributed by atoms with Gasteiger partial charge in [0, 0.05) is 43.7 Å². The summed E-state index contributed by atoms with van der Waals surface area (Å²) in [5.74, 6) is 2.96. The highest BCUT2D eigenvalue weighted by Gasteiger charge is 2.22. The molecule has 1 aromatic rings. The number of hydrogen-bond donors (Lipinski definition) is 2. The molecular weight excluding hydrogens is 316 g/mol. The minimum absolute atomic E-state index is 0.654. The van der Waals surface area contributed by atoms with Gasteiger partial charge in [0.25, 0.3) is 0 Å². The minimum atomic E-state index is 0.654. The van der Waals surface area contributed by atoms with E-state index in [2.05, 4.69) is 64.6 Å². The van der Waals surface area contributed by atoms with Crippen molar-refractivity contribution in [3.63, 3.8) is 0 Å². The van der Waals surface area contributed by atoms with Crippen LogP contribution in [-0.4, -0.2) is 49.7 Å². The summed E-state index contributed by atoms with van der Waals surface area (Å²) in [5, 5.41) is 7.68. The lowest BCUT2D eigenvalue weighted by atomic mass is 10.1. The summed E-state index contributed by atoms with van der Waals surface area (Å²) >= 11 is 2.09. The van der Waals surface area contributed by atoms with E-state index in [9.17, 15) is 0 Å². The summed E-state index contributed by atoms with van der Waals surface area (Å²) in [6.45, 7) is 7.27. The molecule has 4 nitrogen and oxygen atoms in total. The maximum absolute atomic E-state index is 4.84. The van der Waals surface area contributed by atoms with Gasteiger partial charge in [-0.05, 0) is 50.0 Å². The number of nitrogens with zero attached hydrogens (tertiary/aromatic N) is 2. The van der Waals surface area contributed by atoms with E-state index in [1.807, 2.05) is 0 Å². The zero-order chi connectivity index (χ0) is 16.6. The molecule has 24 heavy (non-hydrogen) atoms. The zero-order valence-corrected chi connectivity index (χ0v) is 15.5. The smallest absolute Gasteiger partial charge is 0.191 e. The molecule has 2 heterocycles. The van der Waals surface area contributed by atoms with Crippen LogP contribution in [0.2, 0.25) is 0 Å². The fraction of sp³-hybridized carbons (Fsp3) is 0.632. The Morgan fingerprint density at radius 2 is 2.12 bits per heavy atom. The number of aliphatic imine (C=N–C) groups is 1. The van der Waals surface area contributed by atoms with Gasteiger partial charge in [0.05, 0.1) is 0 Å². The molecule has 2 aliphatic heterocycles. The van der Waals surface area contributed by atoms with Crippen LogP contribution in [0.3, 0.4) is 0 Å². The molecule has 2 N–H and O–H groups in total. The Morgan fingerprint density at radius 1 is 1.25 bits per heavy atom. The quantitative estimate of drug-likeness (QED) is 0.614. The van der Waals surface area contributed by atoms with Crippen LogP contribution < -0.4 is 15.5 Å². The number of para-hydroxylation sites is 1. The van der Waals surface area contributed by atoms with Crippen molar-refractivity contribution in [3.8, 4) is 0 Å². The van der Waals surface area contributed by atoms with Crippen LogP contribution in [0, 0.1) is 5.92 Å². The van der Waals surface area contributed by atoms with Crippen molar-refractivity contribution in [3.05, 3.63) is 30.3 Å². The molecule has 132 valence electrons. The van der Waals surface area contributed by atoms with E-state index in [0.717, 1.165) is 43.9 Å². The van der Waals surface area contributed by atoms with Crippen molar-refractivity contribution < 1.29 is 0 Å². The summed E-state index contributed by atoms with van der Waals surface area (Å²) in [4.78, 5) is 7.32. The van der Waals surface area contributed by atoms with E-state index in [-0.39, 0.29) is 0 Å². The molecule has 0 aromatic heterocycles. The van der Waals surface area contributed by atoms with Crippen molar-refractivity contribution in [1.29, 1.82) is 0 Å². The summed E-state index contributed by atoms with van der Waals surface area (Å²) in [5.41, 5.74) is 1.34. The van der Waals surface area contributed by atoms with Gasteiger partial charge in [0.1, 0.15) is 0 Å². The van der Waals surface area contributed by atoms with E-state index in [1.54, 1.807) is 0 Å². The Hall–Kier alpha value is -1.36. The van der Waals surface area contributed by atoms with Crippen molar-refractivity contribution in [2.24, 2.45) is 10.9 Å². The largest absolute Gasteiger partial charge is 0.371 e. The normalized spacial score (nSPS) is 24.4. The topological polar surface area (TPSA) is 39.7 Å². The van der Waals surface area contributed by atoms with E-state index < -0.39 is 0 Å². The highest BCUT2D eigenvalue weighted by atomic mass is 32.2. The number of thioether (sulfide) groups is 1. The first-order chi connectivity index (χ1) is 11.8. The van der Waals surface area contributed by atoms with Crippen LogP contribution in [0.5, 0.6) is 0 Å². The monoisotopic (exact) mass is 346 g/mol. The SMILES string of the molecule is CCNC(=NCC1CCN(c2ccccc2)C1)NCC1CCCS1. The number of rotatable bonds is 6. The van der Waals surface area contributed by atoms with Gasteiger partial charge in [0.15, 0.2) is 5.96 Å². The van der Waals surface area contributed by atoms with Crippen molar-refractivity contribution >= 4 is 23.4 Å². The lowest BCUT2D eigenvalue weighted by molar-refractivity contribution is 0.598. The third-order valence-corrected chi connectivity index (χ3v) is 6.18. The molecule has 0 saturated carbocycles. The minimum Gasteiger partial charge on any atom is -0.371 e. The Bertz CT molecular complexity index is 513. The van der Waals surface area contributed by atoms with Gasteiger partial charge in [0.2, 0.25) is 0 Å². The maximum Gasteiger partial charge on any atom is 0.191 e. The number of benzene rings is 1. The maximum atomic E-state index is 4.84. The van der Waals surface area contributed by atoms with Crippen LogP contribution in [0.4, 0.5) is 5.69 Å². The lowest BCUT2D eigenvalue weighted by Crippen LogP contribution is -2.40. The highest BCUT2D eigenvalue weighted by molar-refractivity contribution is 8.00. The third-order valence-electron chi connectivity index (χ3n) is 4.78. The van der Waals surface area contributed by atoms with E-state index in [4.69, 9.17) is 4.99 Å². The average molecular weight is 347 g/mol. The molecule has 2 atom stereocenters. The van der Waals surface area contributed by atoms with Crippen LogP contribution >= 0.6 is 11.8 Å². The molecule has 2 saturated heterocycles. The van der Waals surface area contributed by atoms with E-state index in [1.165, 1.54) is 30.7 Å². The van der Waals surface area contributed by atoms with Crippen LogP contribution in [-0.2, 0) is 0 Å². The molecule has 5 heteroatoms. The predicted octanol–water partition coefficient (Wildman–Crippen LogP) is 2.96. The van der Waals surface area contributed by atoms with Crippen molar-refractivity contribution in [2.75, 3.05) is 43.4 Å². The first-order valence-electron chi connectivity index (χ1n) is 9.29. The third kappa shape index (κ3) is 5.07. The standard InChI is InChI=1S/C19H30N4S/c1-2-20-19(22-14-18-9-6-12-24-18)21-13-16-10-11-23(15-16)17-7-4-3-5-8-17/h3-5,7-8,16,18H,2,6,9-15H2,1H3,(H2,20,21,22). The second-order valence-electron chi connectivity index (χ2n) is 6.67. The Balaban J connectivity index is 1.47. The van der Waals surface area contributed by atoms with Crippen LogP contribution in [0.1, 0.15) is 26.2 Å². The first kappa shape index (κ1) is 17.5. The zero-order valence-electron chi connectivity index (χ0n) is 14.7. The number of nitrogens with one attached hydrogen (secondary N) is 2. The average Bonchev–Trinajstić information content (AvgIpc) is 3.30. The molecule has 0 spiro atoms. The molecule has 0 aliphatic carbocycles. The molecule has 2 aliphatic rings. The molecule has 0 amide bonds. The van der Waals surface area contributed by atoms with E-state index >= 15 is 0 Å². The van der Waals surface area contributed by atoms with Gasteiger partial charge in [-0.25, -0.2) is 0 Å². The number of anilines is 1. The van der Waals surface area contributed by atoms with E-state index in [0.29, 0.717) is 5.92 Å². The predicted molar refractivity (Wildman–Crippen MR) is 106 cm³/mol. The summed E-state index contributed by atoms with van der Waals surface area (Å²) in [6, 6.07) is 10.7. The van der Waals surface area contributed by atoms with Gasteiger partial charge in [-0.2, -0.15) is 11.8 Å². The van der Waals surface area contributed by atoms with Gasteiger partial charge in [-0.3, -0.25) is 4.99 Å². The van der Waals surface area contributed by atoms with Crippen molar-refractivity contribution in [2.45, 2.75) is 31.4 Å². The Labute approximate surface area is 150 Å². The Kier molecular flexibility index (Phi) is 6.70. The first-order valence-corrected chi connectivity index (χ1v) is 10.3. The van der Waals surface area contributed by atoms with Gasteiger partial charge >= 0.3 is 0 Å². The summed E-state index contributed by atoms with van der Waals surface area (Å²) in [7, 11) is 0. The molecular formula is C19H30N4S. The number of guanidine groups is 1. The molecule has 3 rings (SSSR count). The summed E-state index contributed by atoms with van der Waals surface area (Å²) in [6.07, 6.45) is 3.93. The summed E-state index contributed by atoms with van der Waals surface area (Å²) < 4.78 is 0.